The van der Waals surface area contributed by atoms with Gasteiger partial charge in [-0.15, -0.1) is 0 Å². The molecule has 1 aliphatic heterocycles. The molecule has 9 heteroatoms. The topological polar surface area (TPSA) is 84.1 Å². The van der Waals surface area contributed by atoms with Gasteiger partial charge in [0.15, 0.2) is 16.3 Å². The zero-order valence-corrected chi connectivity index (χ0v) is 25.7. The van der Waals surface area contributed by atoms with Crippen LogP contribution in [0.25, 0.3) is 11.8 Å². The van der Waals surface area contributed by atoms with Crippen molar-refractivity contribution in [3.8, 4) is 17.2 Å². The molecule has 0 aliphatic carbocycles. The van der Waals surface area contributed by atoms with Crippen molar-refractivity contribution in [1.29, 1.82) is 0 Å². The number of esters is 1. The first-order valence-electron chi connectivity index (χ1n) is 13.9. The second-order valence-electron chi connectivity index (χ2n) is 10.4. The lowest BCUT2D eigenvalue weighted by molar-refractivity contribution is -0.139. The molecule has 0 spiro atoms. The van der Waals surface area contributed by atoms with Crippen molar-refractivity contribution < 1.29 is 19.0 Å². The van der Waals surface area contributed by atoms with Gasteiger partial charge >= 0.3 is 5.97 Å². The molecule has 0 N–H and O–H groups in total. The van der Waals surface area contributed by atoms with Crippen molar-refractivity contribution in [2.75, 3.05) is 13.7 Å². The van der Waals surface area contributed by atoms with Gasteiger partial charge in [-0.2, -0.15) is 0 Å². The Hall–Kier alpha value is -4.37. The predicted molar refractivity (Wildman–Crippen MR) is 164 cm³/mol. The molecule has 1 aliphatic rings. The molecular formula is C33H35N3O5S. The maximum absolute atomic E-state index is 14.1. The van der Waals surface area contributed by atoms with Gasteiger partial charge in [-0.3, -0.25) is 9.36 Å². The van der Waals surface area contributed by atoms with Crippen LogP contribution in [0.4, 0.5) is 0 Å². The lowest BCUT2D eigenvalue weighted by Crippen LogP contribution is -2.40. The SMILES string of the molecule is CCOC(=O)C1=C(C)N=c2s/c(=C/c3cc(C)n(-c4ccccc4)c3C)c(=O)n2[C@@H]1c1ccc(OC(C)C)c(OC)c1. The average Bonchev–Trinajstić information content (AvgIpc) is 3.41. The van der Waals surface area contributed by atoms with Crippen molar-refractivity contribution in [2.24, 2.45) is 4.99 Å². The molecule has 8 nitrogen and oxygen atoms in total. The van der Waals surface area contributed by atoms with E-state index < -0.39 is 12.0 Å². The molecule has 4 aromatic rings. The molecule has 0 unspecified atom stereocenters. The number of hydrogen-bond acceptors (Lipinski definition) is 7. The minimum Gasteiger partial charge on any atom is -0.493 e. The highest BCUT2D eigenvalue weighted by molar-refractivity contribution is 7.07. The van der Waals surface area contributed by atoms with Crippen molar-refractivity contribution in [3.63, 3.8) is 0 Å². The zero-order valence-electron chi connectivity index (χ0n) is 24.9. The number of hydrogen-bond donors (Lipinski definition) is 0. The number of para-hydroxylation sites is 1. The second-order valence-corrected chi connectivity index (χ2v) is 11.4. The number of carbonyl (C=O) groups excluding carboxylic acids is 1. The summed E-state index contributed by atoms with van der Waals surface area (Å²) in [5.41, 5.74) is 5.37. The first-order chi connectivity index (χ1) is 20.1. The van der Waals surface area contributed by atoms with Gasteiger partial charge in [0, 0.05) is 17.1 Å². The average molecular weight is 586 g/mol. The van der Waals surface area contributed by atoms with Crippen LogP contribution in [0.5, 0.6) is 11.5 Å². The van der Waals surface area contributed by atoms with Gasteiger partial charge in [0.25, 0.3) is 5.56 Å². The number of rotatable bonds is 8. The molecule has 2 aromatic carbocycles. The summed E-state index contributed by atoms with van der Waals surface area (Å²) in [5, 5.41) is 0. The molecule has 218 valence electrons. The molecule has 1 atom stereocenters. The summed E-state index contributed by atoms with van der Waals surface area (Å²) in [4.78, 5) is 32.6. The van der Waals surface area contributed by atoms with Crippen LogP contribution in [0, 0.1) is 13.8 Å². The van der Waals surface area contributed by atoms with Gasteiger partial charge in [-0.25, -0.2) is 9.79 Å². The highest BCUT2D eigenvalue weighted by Crippen LogP contribution is 2.36. The molecular weight excluding hydrogens is 550 g/mol. The summed E-state index contributed by atoms with van der Waals surface area (Å²) >= 11 is 1.30. The van der Waals surface area contributed by atoms with E-state index in [1.54, 1.807) is 31.6 Å². The van der Waals surface area contributed by atoms with E-state index in [0.29, 0.717) is 37.7 Å². The lowest BCUT2D eigenvalue weighted by Gasteiger charge is -2.25. The van der Waals surface area contributed by atoms with Gasteiger partial charge in [-0.05, 0) is 89.1 Å². The summed E-state index contributed by atoms with van der Waals surface area (Å²) < 4.78 is 21.3. The number of thiazole rings is 1. The minimum absolute atomic E-state index is 0.0523. The fraction of sp³-hybridized carbons (Fsp3) is 0.303. The maximum Gasteiger partial charge on any atom is 0.338 e. The standard InChI is InChI=1S/C33H35N3O5S/c1-8-40-32(38)29-21(5)34-33-36(30(29)23-14-15-26(41-19(2)3)27(17-23)39-7)31(37)28(42-33)18-24-16-20(4)35(22(24)6)25-12-10-9-11-13-25/h9-19,30H,8H2,1-7H3/b28-18+/t30-/m1/s1. The molecule has 0 fully saturated rings. The van der Waals surface area contributed by atoms with Crippen molar-refractivity contribution in [2.45, 2.75) is 53.7 Å². The number of benzene rings is 2. The lowest BCUT2D eigenvalue weighted by atomic mass is 9.95. The van der Waals surface area contributed by atoms with Gasteiger partial charge < -0.3 is 18.8 Å². The molecule has 5 rings (SSSR count). The second kappa shape index (κ2) is 11.9. The molecule has 0 bridgehead atoms. The first-order valence-corrected chi connectivity index (χ1v) is 14.7. The van der Waals surface area contributed by atoms with Crippen LogP contribution < -0.4 is 24.4 Å². The molecule has 0 amide bonds. The van der Waals surface area contributed by atoms with Gasteiger partial charge in [0.1, 0.15) is 0 Å². The summed E-state index contributed by atoms with van der Waals surface area (Å²) in [6.07, 6.45) is 1.86. The predicted octanol–water partition coefficient (Wildman–Crippen LogP) is 5.00. The Balaban J connectivity index is 1.70. The van der Waals surface area contributed by atoms with E-state index in [0.717, 1.165) is 22.6 Å². The van der Waals surface area contributed by atoms with Crippen molar-refractivity contribution in [3.05, 3.63) is 108 Å². The van der Waals surface area contributed by atoms with E-state index in [1.165, 1.54) is 11.3 Å². The Bertz CT molecular complexity index is 1860. The van der Waals surface area contributed by atoms with Crippen LogP contribution in [-0.2, 0) is 9.53 Å². The third kappa shape index (κ3) is 5.32. The highest BCUT2D eigenvalue weighted by Gasteiger charge is 2.34. The Kier molecular flexibility index (Phi) is 8.22. The van der Waals surface area contributed by atoms with Crippen LogP contribution in [0.1, 0.15) is 56.3 Å². The molecule has 3 heterocycles. The number of carbonyl (C=O) groups is 1. The zero-order chi connectivity index (χ0) is 30.1. The Morgan fingerprint density at radius 3 is 2.48 bits per heavy atom. The largest absolute Gasteiger partial charge is 0.493 e. The Morgan fingerprint density at radius 2 is 1.81 bits per heavy atom. The normalized spacial score (nSPS) is 15.0. The number of ether oxygens (including phenoxy) is 3. The highest BCUT2D eigenvalue weighted by atomic mass is 32.1. The van der Waals surface area contributed by atoms with Crippen LogP contribution in [-0.4, -0.2) is 34.9 Å². The van der Waals surface area contributed by atoms with E-state index in [9.17, 15) is 9.59 Å². The van der Waals surface area contributed by atoms with Gasteiger partial charge in [0.05, 0.1) is 41.7 Å². The number of nitrogens with zero attached hydrogens (tertiary/aromatic N) is 3. The monoisotopic (exact) mass is 585 g/mol. The molecule has 2 aromatic heterocycles. The first kappa shape index (κ1) is 29.1. The summed E-state index contributed by atoms with van der Waals surface area (Å²) in [6.45, 7) is 11.7. The molecule has 0 radical (unpaired) electrons. The third-order valence-electron chi connectivity index (χ3n) is 7.15. The summed E-state index contributed by atoms with van der Waals surface area (Å²) in [6, 6.07) is 16.9. The number of aryl methyl sites for hydroxylation is 1. The summed E-state index contributed by atoms with van der Waals surface area (Å²) in [5.74, 6) is 0.580. The minimum atomic E-state index is -0.749. The van der Waals surface area contributed by atoms with Gasteiger partial charge in [0.2, 0.25) is 0 Å². The van der Waals surface area contributed by atoms with Crippen molar-refractivity contribution in [1.82, 2.24) is 9.13 Å². The maximum atomic E-state index is 14.1. The Morgan fingerprint density at radius 1 is 1.07 bits per heavy atom. The van der Waals surface area contributed by atoms with E-state index >= 15 is 0 Å². The fourth-order valence-electron chi connectivity index (χ4n) is 5.36. The molecule has 0 saturated carbocycles. The number of methoxy groups -OCH3 is 1. The van der Waals surface area contributed by atoms with Gasteiger partial charge in [-0.1, -0.05) is 35.6 Å². The fourth-order valence-corrected chi connectivity index (χ4v) is 6.40. The van der Waals surface area contributed by atoms with E-state index in [2.05, 4.69) is 22.8 Å². The summed E-state index contributed by atoms with van der Waals surface area (Å²) in [7, 11) is 1.57. The van der Waals surface area contributed by atoms with E-state index in [4.69, 9.17) is 19.2 Å². The quantitative estimate of drug-likeness (QED) is 0.272. The molecule has 42 heavy (non-hydrogen) atoms. The number of aromatic nitrogens is 2. The smallest absolute Gasteiger partial charge is 0.338 e. The number of allylic oxidation sites excluding steroid dienone is 1. The Labute approximate surface area is 248 Å². The van der Waals surface area contributed by atoms with E-state index in [1.807, 2.05) is 64.1 Å². The van der Waals surface area contributed by atoms with Crippen LogP contribution in [0.2, 0.25) is 0 Å². The van der Waals surface area contributed by atoms with Crippen LogP contribution in [0.15, 0.2) is 75.7 Å². The van der Waals surface area contributed by atoms with Crippen LogP contribution >= 0.6 is 11.3 Å². The van der Waals surface area contributed by atoms with Crippen molar-refractivity contribution >= 4 is 23.4 Å². The molecule has 0 saturated heterocycles. The third-order valence-corrected chi connectivity index (χ3v) is 8.14. The number of fused-ring (bicyclic) bond motifs is 1. The van der Waals surface area contributed by atoms with E-state index in [-0.39, 0.29) is 18.3 Å². The van der Waals surface area contributed by atoms with Crippen LogP contribution in [0.3, 0.4) is 0 Å².